The minimum absolute atomic E-state index is 0.0324. The van der Waals surface area contributed by atoms with Crippen LogP contribution in [-0.4, -0.2) is 55.9 Å². The first-order valence-corrected chi connectivity index (χ1v) is 13.3. The fourth-order valence-electron chi connectivity index (χ4n) is 5.00. The van der Waals surface area contributed by atoms with Gasteiger partial charge in [0.2, 0.25) is 5.91 Å². The predicted octanol–water partition coefficient (Wildman–Crippen LogP) is 4.48. The largest absolute Gasteiger partial charge is 0.351 e. The SMILES string of the molecule is CCCSCCCN1C(=O)c2nc3ccccc3n2C[C@@]1(C)C(=O)NC1CCC(C)CC1. The average molecular weight is 457 g/mol. The summed E-state index contributed by atoms with van der Waals surface area (Å²) in [7, 11) is 0. The highest BCUT2D eigenvalue weighted by atomic mass is 32.2. The Kier molecular flexibility index (Phi) is 7.13. The van der Waals surface area contributed by atoms with Gasteiger partial charge in [0.15, 0.2) is 5.82 Å². The third-order valence-corrected chi connectivity index (χ3v) is 8.29. The number of hydrogen-bond acceptors (Lipinski definition) is 4. The number of nitrogens with one attached hydrogen (secondary N) is 1. The Balaban J connectivity index is 1.60. The molecular formula is C25H36N4O2S. The molecule has 32 heavy (non-hydrogen) atoms. The first-order chi connectivity index (χ1) is 15.4. The maximum absolute atomic E-state index is 13.7. The van der Waals surface area contributed by atoms with E-state index in [2.05, 4.69) is 24.1 Å². The van der Waals surface area contributed by atoms with Crippen molar-refractivity contribution >= 4 is 34.6 Å². The number of amides is 2. The third kappa shape index (κ3) is 4.54. The van der Waals surface area contributed by atoms with Gasteiger partial charge in [0.25, 0.3) is 5.91 Å². The molecule has 174 valence electrons. The predicted molar refractivity (Wildman–Crippen MR) is 131 cm³/mol. The molecule has 1 saturated carbocycles. The lowest BCUT2D eigenvalue weighted by molar-refractivity contribution is -0.133. The van der Waals surface area contributed by atoms with E-state index in [1.165, 1.54) is 0 Å². The molecule has 2 aromatic rings. The number of aromatic nitrogens is 2. The molecule has 1 aliphatic heterocycles. The minimum atomic E-state index is -0.925. The summed E-state index contributed by atoms with van der Waals surface area (Å²) in [5.41, 5.74) is 0.797. The van der Waals surface area contributed by atoms with Crippen LogP contribution in [0, 0.1) is 5.92 Å². The summed E-state index contributed by atoms with van der Waals surface area (Å²) in [6.45, 7) is 7.40. The Morgan fingerprint density at radius 3 is 2.72 bits per heavy atom. The molecule has 0 spiro atoms. The summed E-state index contributed by atoms with van der Waals surface area (Å²) >= 11 is 1.91. The number of carbonyl (C=O) groups excluding carboxylic acids is 2. The molecule has 0 bridgehead atoms. The van der Waals surface area contributed by atoms with Gasteiger partial charge >= 0.3 is 0 Å². The number of thioether (sulfide) groups is 1. The van der Waals surface area contributed by atoms with Crippen molar-refractivity contribution in [3.63, 3.8) is 0 Å². The van der Waals surface area contributed by atoms with Gasteiger partial charge in [-0.05, 0) is 75.0 Å². The molecule has 0 unspecified atom stereocenters. The van der Waals surface area contributed by atoms with Crippen LogP contribution >= 0.6 is 11.8 Å². The molecular weight excluding hydrogens is 420 g/mol. The summed E-state index contributed by atoms with van der Waals surface area (Å²) in [6, 6.07) is 8.01. The van der Waals surface area contributed by atoms with Crippen LogP contribution in [0.5, 0.6) is 0 Å². The van der Waals surface area contributed by atoms with Crippen molar-refractivity contribution in [3.8, 4) is 0 Å². The Bertz CT molecular complexity index is 966. The average Bonchev–Trinajstić information content (AvgIpc) is 3.15. The van der Waals surface area contributed by atoms with Gasteiger partial charge in [-0.1, -0.05) is 26.0 Å². The van der Waals surface area contributed by atoms with E-state index in [9.17, 15) is 9.59 Å². The summed E-state index contributed by atoms with van der Waals surface area (Å²) in [5.74, 6) is 3.13. The summed E-state index contributed by atoms with van der Waals surface area (Å²) < 4.78 is 1.95. The Labute approximate surface area is 195 Å². The number of para-hydroxylation sites is 2. The van der Waals surface area contributed by atoms with E-state index in [-0.39, 0.29) is 17.9 Å². The number of imidazole rings is 1. The van der Waals surface area contributed by atoms with Crippen molar-refractivity contribution in [3.05, 3.63) is 30.1 Å². The van der Waals surface area contributed by atoms with E-state index >= 15 is 0 Å². The fourth-order valence-corrected chi connectivity index (χ4v) is 5.82. The van der Waals surface area contributed by atoms with Crippen molar-refractivity contribution in [2.45, 2.75) is 77.4 Å². The van der Waals surface area contributed by atoms with Crippen LogP contribution in [0.2, 0.25) is 0 Å². The quantitative estimate of drug-likeness (QED) is 0.595. The number of benzene rings is 1. The number of hydrogen-bond donors (Lipinski definition) is 1. The van der Waals surface area contributed by atoms with E-state index in [0.29, 0.717) is 18.9 Å². The van der Waals surface area contributed by atoms with E-state index < -0.39 is 5.54 Å². The third-order valence-electron chi connectivity index (χ3n) is 7.01. The van der Waals surface area contributed by atoms with Gasteiger partial charge in [-0.15, -0.1) is 0 Å². The van der Waals surface area contributed by atoms with Gasteiger partial charge in [-0.2, -0.15) is 11.8 Å². The van der Waals surface area contributed by atoms with Gasteiger partial charge in [0, 0.05) is 12.6 Å². The number of fused-ring (bicyclic) bond motifs is 3. The lowest BCUT2D eigenvalue weighted by Crippen LogP contribution is -2.65. The molecule has 2 heterocycles. The molecule has 2 amide bonds. The molecule has 2 aliphatic rings. The first-order valence-electron chi connectivity index (χ1n) is 12.1. The smallest absolute Gasteiger partial charge is 0.290 e. The standard InChI is InChI=1S/C25H36N4O2S/c1-4-15-32-16-7-14-29-23(30)22-27-20-8-5-6-9-21(20)28(22)17-25(29,3)24(31)26-19-12-10-18(2)11-13-19/h5-6,8-9,18-19H,4,7,10-17H2,1-3H3,(H,26,31)/t18?,19?,25-/m0/s1. The van der Waals surface area contributed by atoms with Gasteiger partial charge in [-0.25, -0.2) is 4.98 Å². The summed E-state index contributed by atoms with van der Waals surface area (Å²) in [6.07, 6.45) is 6.36. The van der Waals surface area contributed by atoms with Crippen molar-refractivity contribution in [1.82, 2.24) is 19.8 Å². The molecule has 1 fully saturated rings. The Hall–Kier alpha value is -2.02. The monoisotopic (exact) mass is 456 g/mol. The van der Waals surface area contributed by atoms with Crippen molar-refractivity contribution in [2.75, 3.05) is 18.1 Å². The topological polar surface area (TPSA) is 67.2 Å². The minimum Gasteiger partial charge on any atom is -0.351 e. The van der Waals surface area contributed by atoms with Gasteiger partial charge in [0.1, 0.15) is 5.54 Å². The van der Waals surface area contributed by atoms with Gasteiger partial charge in [-0.3, -0.25) is 9.59 Å². The van der Waals surface area contributed by atoms with Gasteiger partial charge in [0.05, 0.1) is 17.6 Å². The molecule has 1 aromatic carbocycles. The van der Waals surface area contributed by atoms with E-state index in [4.69, 9.17) is 0 Å². The second-order valence-electron chi connectivity index (χ2n) is 9.64. The zero-order valence-electron chi connectivity index (χ0n) is 19.6. The number of rotatable bonds is 8. The van der Waals surface area contributed by atoms with E-state index in [1.807, 2.05) is 47.5 Å². The van der Waals surface area contributed by atoms with Crippen LogP contribution in [0.4, 0.5) is 0 Å². The maximum Gasteiger partial charge on any atom is 0.290 e. The molecule has 1 aliphatic carbocycles. The Morgan fingerprint density at radius 1 is 1.22 bits per heavy atom. The highest BCUT2D eigenvalue weighted by molar-refractivity contribution is 7.99. The zero-order valence-corrected chi connectivity index (χ0v) is 20.4. The number of carbonyl (C=O) groups is 2. The maximum atomic E-state index is 13.7. The molecule has 1 aromatic heterocycles. The fraction of sp³-hybridized carbons (Fsp3) is 0.640. The normalized spacial score (nSPS) is 25.7. The van der Waals surface area contributed by atoms with Crippen LogP contribution in [0.25, 0.3) is 11.0 Å². The van der Waals surface area contributed by atoms with E-state index in [1.54, 1.807) is 4.90 Å². The first kappa shape index (κ1) is 23.1. The Morgan fingerprint density at radius 2 is 1.97 bits per heavy atom. The number of nitrogens with zero attached hydrogens (tertiary/aromatic N) is 3. The lowest BCUT2D eigenvalue weighted by Gasteiger charge is -2.44. The zero-order chi connectivity index (χ0) is 22.7. The van der Waals surface area contributed by atoms with Crippen LogP contribution in [0.15, 0.2) is 24.3 Å². The molecule has 7 heteroatoms. The second-order valence-corrected chi connectivity index (χ2v) is 10.9. The van der Waals surface area contributed by atoms with E-state index in [0.717, 1.165) is 67.0 Å². The molecule has 1 atom stereocenters. The van der Waals surface area contributed by atoms with Gasteiger partial charge < -0.3 is 14.8 Å². The highest BCUT2D eigenvalue weighted by Gasteiger charge is 2.48. The van der Waals surface area contributed by atoms with Crippen molar-refractivity contribution in [2.24, 2.45) is 5.92 Å². The second kappa shape index (κ2) is 9.86. The summed E-state index contributed by atoms with van der Waals surface area (Å²) in [4.78, 5) is 33.7. The molecule has 0 radical (unpaired) electrons. The molecule has 4 rings (SSSR count). The summed E-state index contributed by atoms with van der Waals surface area (Å²) in [5, 5.41) is 3.31. The molecule has 0 saturated heterocycles. The van der Waals surface area contributed by atoms with Crippen LogP contribution in [-0.2, 0) is 11.3 Å². The molecule has 1 N–H and O–H groups in total. The highest BCUT2D eigenvalue weighted by Crippen LogP contribution is 2.32. The van der Waals surface area contributed by atoms with Crippen LogP contribution < -0.4 is 5.32 Å². The molecule has 6 nitrogen and oxygen atoms in total. The van der Waals surface area contributed by atoms with Crippen molar-refractivity contribution < 1.29 is 9.59 Å². The lowest BCUT2D eigenvalue weighted by atomic mass is 9.86. The van der Waals surface area contributed by atoms with Crippen LogP contribution in [0.1, 0.15) is 69.9 Å². The van der Waals surface area contributed by atoms with Crippen molar-refractivity contribution in [1.29, 1.82) is 0 Å². The van der Waals surface area contributed by atoms with Crippen LogP contribution in [0.3, 0.4) is 0 Å².